The number of rotatable bonds is 7. The predicted molar refractivity (Wildman–Crippen MR) is 82.0 cm³/mol. The van der Waals surface area contributed by atoms with Crippen LogP contribution in [0, 0.1) is 0 Å². The molecule has 0 saturated carbocycles. The molecule has 0 aliphatic carbocycles. The third-order valence-electron chi connectivity index (χ3n) is 2.65. The molecule has 1 aromatic rings. The van der Waals surface area contributed by atoms with E-state index in [0.717, 1.165) is 18.8 Å². The van der Waals surface area contributed by atoms with Gasteiger partial charge in [-0.15, -0.1) is 0 Å². The average molecular weight is 263 g/mol. The van der Waals surface area contributed by atoms with Crippen LogP contribution in [0.15, 0.2) is 36.4 Å². The van der Waals surface area contributed by atoms with Crippen LogP contribution in [0.25, 0.3) is 0 Å². The molecule has 100 valence electrons. The zero-order chi connectivity index (χ0) is 13.4. The van der Waals surface area contributed by atoms with Gasteiger partial charge in [0.1, 0.15) is 5.75 Å². The lowest BCUT2D eigenvalue weighted by Gasteiger charge is -2.11. The van der Waals surface area contributed by atoms with Gasteiger partial charge >= 0.3 is 0 Å². The second kappa shape index (κ2) is 7.39. The van der Waals surface area contributed by atoms with Crippen molar-refractivity contribution in [2.24, 2.45) is 0 Å². The maximum Gasteiger partial charge on any atom is 0.118 e. The van der Waals surface area contributed by atoms with Crippen LogP contribution in [-0.2, 0) is 6.54 Å². The lowest BCUT2D eigenvalue weighted by atomic mass is 10.2. The van der Waals surface area contributed by atoms with Crippen LogP contribution in [0.2, 0.25) is 25.7 Å². The Morgan fingerprint density at radius 2 is 1.78 bits per heavy atom. The molecule has 0 aliphatic rings. The van der Waals surface area contributed by atoms with Crippen molar-refractivity contribution >= 4 is 8.07 Å². The van der Waals surface area contributed by atoms with E-state index in [1.54, 1.807) is 7.11 Å². The van der Waals surface area contributed by atoms with Crippen molar-refractivity contribution in [1.82, 2.24) is 5.32 Å². The Kier molecular flexibility index (Phi) is 6.16. The molecule has 2 nitrogen and oxygen atoms in total. The van der Waals surface area contributed by atoms with Crippen molar-refractivity contribution in [3.05, 3.63) is 42.0 Å². The molecule has 0 atom stereocenters. The van der Waals surface area contributed by atoms with Gasteiger partial charge in [-0.2, -0.15) is 0 Å². The molecule has 0 fully saturated rings. The highest BCUT2D eigenvalue weighted by Gasteiger charge is 2.08. The maximum atomic E-state index is 5.13. The van der Waals surface area contributed by atoms with Gasteiger partial charge < -0.3 is 10.1 Å². The summed E-state index contributed by atoms with van der Waals surface area (Å²) in [5.41, 5.74) is 1.29. The fraction of sp³-hybridized carbons (Fsp3) is 0.467. The molecule has 0 saturated heterocycles. The Hall–Kier alpha value is -1.06. The van der Waals surface area contributed by atoms with Crippen molar-refractivity contribution in [2.45, 2.75) is 32.2 Å². The highest BCUT2D eigenvalue weighted by molar-refractivity contribution is 6.76. The summed E-state index contributed by atoms with van der Waals surface area (Å²) in [7, 11) is 0.771. The predicted octanol–water partition coefficient (Wildman–Crippen LogP) is 3.68. The van der Waals surface area contributed by atoms with Crippen LogP contribution in [-0.4, -0.2) is 21.7 Å². The summed E-state index contributed by atoms with van der Waals surface area (Å²) in [4.78, 5) is 0. The molecule has 18 heavy (non-hydrogen) atoms. The van der Waals surface area contributed by atoms with E-state index in [2.05, 4.69) is 49.2 Å². The van der Waals surface area contributed by atoms with Gasteiger partial charge in [-0.05, 0) is 23.7 Å². The van der Waals surface area contributed by atoms with E-state index in [1.807, 2.05) is 12.1 Å². The van der Waals surface area contributed by atoms with Crippen LogP contribution in [0.1, 0.15) is 5.56 Å². The van der Waals surface area contributed by atoms with Crippen molar-refractivity contribution in [2.75, 3.05) is 13.7 Å². The first kappa shape index (κ1) is 15.0. The Bertz CT molecular complexity index is 365. The van der Waals surface area contributed by atoms with Crippen LogP contribution in [0.3, 0.4) is 0 Å². The highest BCUT2D eigenvalue weighted by atomic mass is 28.3. The van der Waals surface area contributed by atoms with Crippen LogP contribution in [0.5, 0.6) is 5.75 Å². The van der Waals surface area contributed by atoms with Gasteiger partial charge in [0, 0.05) is 21.2 Å². The minimum Gasteiger partial charge on any atom is -0.497 e. The summed E-state index contributed by atoms with van der Waals surface area (Å²) in [5, 5.41) is 3.41. The van der Waals surface area contributed by atoms with Crippen LogP contribution >= 0.6 is 0 Å². The third kappa shape index (κ3) is 6.62. The van der Waals surface area contributed by atoms with Gasteiger partial charge in [0.15, 0.2) is 0 Å². The summed E-state index contributed by atoms with van der Waals surface area (Å²) < 4.78 is 5.13. The lowest BCUT2D eigenvalue weighted by Crippen LogP contribution is -2.18. The molecule has 1 N–H and O–H groups in total. The van der Waals surface area contributed by atoms with Gasteiger partial charge in [-0.25, -0.2) is 0 Å². The quantitative estimate of drug-likeness (QED) is 0.460. The normalized spacial score (nSPS) is 12.0. The molecule has 0 radical (unpaired) electrons. The number of ether oxygens (including phenoxy) is 1. The number of benzene rings is 1. The average Bonchev–Trinajstić information content (AvgIpc) is 2.33. The molecular weight excluding hydrogens is 238 g/mol. The van der Waals surface area contributed by atoms with E-state index in [4.69, 9.17) is 4.74 Å². The first-order chi connectivity index (χ1) is 8.51. The SMILES string of the molecule is COc1ccc(CNCC=CC[Si](C)(C)C)cc1. The number of hydrogen-bond acceptors (Lipinski definition) is 2. The standard InChI is InChI=1S/C15H25NOSi/c1-17-15-9-7-14(8-10-15)13-16-11-5-6-12-18(2,3)4/h5-10,16H,11-13H2,1-4H3. The van der Waals surface area contributed by atoms with Gasteiger partial charge in [-0.3, -0.25) is 0 Å². The maximum absolute atomic E-state index is 5.13. The minimum absolute atomic E-state index is 0.904. The molecule has 0 amide bonds. The summed E-state index contributed by atoms with van der Waals surface area (Å²) in [6.07, 6.45) is 4.55. The van der Waals surface area contributed by atoms with Crippen molar-refractivity contribution < 1.29 is 4.74 Å². The monoisotopic (exact) mass is 263 g/mol. The topological polar surface area (TPSA) is 21.3 Å². The molecule has 0 aromatic heterocycles. The van der Waals surface area contributed by atoms with E-state index >= 15 is 0 Å². The molecular formula is C15H25NOSi. The molecule has 1 aromatic carbocycles. The summed E-state index contributed by atoms with van der Waals surface area (Å²) in [5.74, 6) is 0.911. The summed E-state index contributed by atoms with van der Waals surface area (Å²) >= 11 is 0. The summed E-state index contributed by atoms with van der Waals surface area (Å²) in [6.45, 7) is 9.02. The lowest BCUT2D eigenvalue weighted by molar-refractivity contribution is 0.414. The van der Waals surface area contributed by atoms with Crippen LogP contribution < -0.4 is 10.1 Å². The fourth-order valence-electron chi connectivity index (χ4n) is 1.56. The third-order valence-corrected chi connectivity index (χ3v) is 4.11. The van der Waals surface area contributed by atoms with Crippen LogP contribution in [0.4, 0.5) is 0 Å². The Labute approximate surface area is 112 Å². The molecule has 0 bridgehead atoms. The first-order valence-electron chi connectivity index (χ1n) is 6.50. The minimum atomic E-state index is -0.920. The Morgan fingerprint density at radius 3 is 2.33 bits per heavy atom. The van der Waals surface area contributed by atoms with Gasteiger partial charge in [-0.1, -0.05) is 43.9 Å². The fourth-order valence-corrected chi connectivity index (χ4v) is 2.44. The van der Waals surface area contributed by atoms with Gasteiger partial charge in [0.05, 0.1) is 7.11 Å². The van der Waals surface area contributed by atoms with Crippen molar-refractivity contribution in [3.63, 3.8) is 0 Å². The van der Waals surface area contributed by atoms with Crippen molar-refractivity contribution in [3.8, 4) is 5.75 Å². The molecule has 0 heterocycles. The second-order valence-corrected chi connectivity index (χ2v) is 11.2. The number of allylic oxidation sites excluding steroid dienone is 1. The van der Waals surface area contributed by atoms with Gasteiger partial charge in [0.25, 0.3) is 0 Å². The van der Waals surface area contributed by atoms with Crippen molar-refractivity contribution in [1.29, 1.82) is 0 Å². The van der Waals surface area contributed by atoms with Gasteiger partial charge in [0.2, 0.25) is 0 Å². The number of methoxy groups -OCH3 is 1. The zero-order valence-corrected chi connectivity index (χ0v) is 13.0. The van der Waals surface area contributed by atoms with E-state index in [1.165, 1.54) is 11.6 Å². The van der Waals surface area contributed by atoms with E-state index in [-0.39, 0.29) is 0 Å². The second-order valence-electron chi connectivity index (χ2n) is 5.72. The number of hydrogen-bond donors (Lipinski definition) is 1. The zero-order valence-electron chi connectivity index (χ0n) is 12.0. The highest BCUT2D eigenvalue weighted by Crippen LogP contribution is 2.11. The smallest absolute Gasteiger partial charge is 0.118 e. The van der Waals surface area contributed by atoms with E-state index < -0.39 is 8.07 Å². The molecule has 3 heteroatoms. The first-order valence-corrected chi connectivity index (χ1v) is 10.2. The van der Waals surface area contributed by atoms with E-state index in [9.17, 15) is 0 Å². The summed E-state index contributed by atoms with van der Waals surface area (Å²) in [6, 6.07) is 9.45. The molecule has 1 rings (SSSR count). The van der Waals surface area contributed by atoms with E-state index in [0.29, 0.717) is 0 Å². The molecule has 0 spiro atoms. The Morgan fingerprint density at radius 1 is 1.11 bits per heavy atom. The number of nitrogens with one attached hydrogen (secondary N) is 1. The largest absolute Gasteiger partial charge is 0.497 e. The Balaban J connectivity index is 2.21. The molecule has 0 aliphatic heterocycles. The molecule has 0 unspecified atom stereocenters.